The lowest BCUT2D eigenvalue weighted by Crippen LogP contribution is -2.36. The van der Waals surface area contributed by atoms with Gasteiger partial charge in [0, 0.05) is 6.04 Å². The fraction of sp³-hybridized carbons (Fsp3) is 0.333. The van der Waals surface area contributed by atoms with Crippen molar-refractivity contribution in [1.82, 2.24) is 9.62 Å². The number of hydrogen-bond donors (Lipinski definition) is 1. The van der Waals surface area contributed by atoms with E-state index in [0.29, 0.717) is 16.0 Å². The van der Waals surface area contributed by atoms with Crippen LogP contribution in [0.25, 0.3) is 6.08 Å². The van der Waals surface area contributed by atoms with Gasteiger partial charge in [-0.3, -0.25) is 9.69 Å². The van der Waals surface area contributed by atoms with Gasteiger partial charge >= 0.3 is 6.18 Å². The zero-order valence-corrected chi connectivity index (χ0v) is 21.0. The quantitative estimate of drug-likeness (QED) is 0.375. The van der Waals surface area contributed by atoms with Crippen LogP contribution in [-0.4, -0.2) is 29.6 Å². The molecule has 4 rings (SSSR count). The normalized spacial score (nSPS) is 19.1. The van der Waals surface area contributed by atoms with Crippen LogP contribution in [-0.2, 0) is 27.5 Å². The van der Waals surface area contributed by atoms with E-state index < -0.39 is 27.7 Å². The molecule has 1 amide bonds. The fourth-order valence-electron chi connectivity index (χ4n) is 4.07. The molecule has 186 valence electrons. The van der Waals surface area contributed by atoms with Crippen molar-refractivity contribution in [3.63, 3.8) is 0 Å². The molecule has 2 aliphatic rings. The summed E-state index contributed by atoms with van der Waals surface area (Å²) < 4.78 is 67.4. The van der Waals surface area contributed by atoms with Gasteiger partial charge in [0.15, 0.2) is 0 Å². The molecule has 1 saturated carbocycles. The van der Waals surface area contributed by atoms with E-state index in [0.717, 1.165) is 56.0 Å². The van der Waals surface area contributed by atoms with E-state index in [2.05, 4.69) is 4.72 Å². The van der Waals surface area contributed by atoms with Crippen LogP contribution in [0, 0.1) is 0 Å². The van der Waals surface area contributed by atoms with Gasteiger partial charge in [-0.25, -0.2) is 13.1 Å². The van der Waals surface area contributed by atoms with E-state index in [4.69, 9.17) is 12.2 Å². The summed E-state index contributed by atoms with van der Waals surface area (Å²) in [6.45, 7) is -0.0735. The number of alkyl halides is 3. The first kappa shape index (κ1) is 25.9. The van der Waals surface area contributed by atoms with Gasteiger partial charge < -0.3 is 0 Å². The third kappa shape index (κ3) is 6.32. The third-order valence-corrected chi connectivity index (χ3v) is 8.80. The van der Waals surface area contributed by atoms with Crippen LogP contribution >= 0.6 is 24.0 Å². The monoisotopic (exact) mass is 540 g/mol. The summed E-state index contributed by atoms with van der Waals surface area (Å²) in [5.41, 5.74) is 0.141. The molecule has 2 aromatic rings. The van der Waals surface area contributed by atoms with Crippen LogP contribution in [0.4, 0.5) is 13.2 Å². The second-order valence-corrected chi connectivity index (χ2v) is 11.9. The number of halogens is 3. The van der Waals surface area contributed by atoms with Crippen molar-refractivity contribution in [3.8, 4) is 0 Å². The number of carbonyl (C=O) groups is 1. The zero-order valence-electron chi connectivity index (χ0n) is 18.5. The Labute approximate surface area is 211 Å². The van der Waals surface area contributed by atoms with E-state index >= 15 is 0 Å². The van der Waals surface area contributed by atoms with Crippen molar-refractivity contribution < 1.29 is 26.4 Å². The van der Waals surface area contributed by atoms with Crippen LogP contribution in [0.15, 0.2) is 58.3 Å². The summed E-state index contributed by atoms with van der Waals surface area (Å²) in [5.74, 6) is -0.409. The van der Waals surface area contributed by atoms with Gasteiger partial charge in [0.05, 0.1) is 21.9 Å². The largest absolute Gasteiger partial charge is 0.416 e. The van der Waals surface area contributed by atoms with Gasteiger partial charge in [-0.1, -0.05) is 67.5 Å². The molecule has 2 fully saturated rings. The molecule has 0 aromatic heterocycles. The summed E-state index contributed by atoms with van der Waals surface area (Å²) in [6, 6.07) is 10.9. The molecule has 0 unspecified atom stereocenters. The molecule has 1 aliphatic heterocycles. The number of rotatable bonds is 6. The summed E-state index contributed by atoms with van der Waals surface area (Å²) in [6.07, 6.45) is 1.93. The zero-order chi connectivity index (χ0) is 25.2. The third-order valence-electron chi connectivity index (χ3n) is 5.88. The number of benzene rings is 2. The van der Waals surface area contributed by atoms with Crippen LogP contribution in [0.5, 0.6) is 0 Å². The van der Waals surface area contributed by atoms with Crippen molar-refractivity contribution in [2.24, 2.45) is 0 Å². The van der Waals surface area contributed by atoms with E-state index in [1.54, 1.807) is 18.2 Å². The molecule has 0 spiro atoms. The average molecular weight is 541 g/mol. The van der Waals surface area contributed by atoms with Gasteiger partial charge in [0.1, 0.15) is 4.32 Å². The van der Waals surface area contributed by atoms with E-state index in [9.17, 15) is 26.4 Å². The number of sulfonamides is 1. The van der Waals surface area contributed by atoms with Crippen LogP contribution < -0.4 is 4.72 Å². The van der Waals surface area contributed by atoms with Crippen molar-refractivity contribution in [2.45, 2.75) is 55.8 Å². The number of thiocarbonyl (C=S) groups is 1. The summed E-state index contributed by atoms with van der Waals surface area (Å²) >= 11 is 6.34. The Kier molecular flexibility index (Phi) is 7.70. The van der Waals surface area contributed by atoms with E-state index in [-0.39, 0.29) is 21.8 Å². The first-order valence-electron chi connectivity index (χ1n) is 11.1. The number of amides is 1. The lowest BCUT2D eigenvalue weighted by Gasteiger charge is -2.22. The maximum atomic E-state index is 13.0. The summed E-state index contributed by atoms with van der Waals surface area (Å²) in [7, 11) is -3.63. The molecule has 5 nitrogen and oxygen atoms in total. The predicted octanol–water partition coefficient (Wildman–Crippen LogP) is 5.72. The number of hydrogen-bond acceptors (Lipinski definition) is 5. The van der Waals surface area contributed by atoms with Gasteiger partial charge in [-0.15, -0.1) is 0 Å². The highest BCUT2D eigenvalue weighted by molar-refractivity contribution is 8.26. The van der Waals surface area contributed by atoms with Gasteiger partial charge in [-0.2, -0.15) is 13.2 Å². The molecule has 1 saturated heterocycles. The highest BCUT2D eigenvalue weighted by atomic mass is 32.2. The fourth-order valence-corrected chi connectivity index (χ4v) is 6.63. The Hall–Kier alpha value is -2.21. The van der Waals surface area contributed by atoms with Crippen molar-refractivity contribution in [3.05, 3.63) is 70.1 Å². The summed E-state index contributed by atoms with van der Waals surface area (Å²) in [5, 5.41) is 0. The molecule has 11 heteroatoms. The minimum atomic E-state index is -4.48. The Morgan fingerprint density at radius 3 is 2.43 bits per heavy atom. The highest BCUT2D eigenvalue weighted by Gasteiger charge is 2.34. The molecule has 35 heavy (non-hydrogen) atoms. The SMILES string of the molecule is O=C1/C(=C/c2ccc(S(=O)(=O)NC3CCCCC3)cc2)SC(=S)N1Cc1cccc(C(F)(F)F)c1. The molecule has 0 atom stereocenters. The molecule has 2 aromatic carbocycles. The number of thioether (sulfide) groups is 1. The van der Waals surface area contributed by atoms with Crippen molar-refractivity contribution in [2.75, 3.05) is 0 Å². The molecule has 0 bridgehead atoms. The number of carbonyl (C=O) groups excluding carboxylic acids is 1. The van der Waals surface area contributed by atoms with Gasteiger partial charge in [0.25, 0.3) is 5.91 Å². The van der Waals surface area contributed by atoms with E-state index in [1.165, 1.54) is 29.2 Å². The van der Waals surface area contributed by atoms with Crippen molar-refractivity contribution in [1.29, 1.82) is 0 Å². The minimum absolute atomic E-state index is 0.0492. The second kappa shape index (κ2) is 10.4. The molecular formula is C24H23F3N2O3S3. The lowest BCUT2D eigenvalue weighted by molar-refractivity contribution is -0.137. The standard InChI is InChI=1S/C24H23F3N2O3S3/c25-24(26,27)18-6-4-5-17(13-18)15-29-22(30)21(34-23(29)33)14-16-9-11-20(12-10-16)35(31,32)28-19-7-2-1-3-8-19/h4-6,9-14,19,28H,1-3,7-8,15H2/b21-14-. The second-order valence-electron chi connectivity index (χ2n) is 8.49. The Morgan fingerprint density at radius 2 is 1.77 bits per heavy atom. The minimum Gasteiger partial charge on any atom is -0.288 e. The maximum absolute atomic E-state index is 13.0. The van der Waals surface area contributed by atoms with Gasteiger partial charge in [-0.05, 0) is 54.3 Å². The van der Waals surface area contributed by atoms with Crippen LogP contribution in [0.3, 0.4) is 0 Å². The van der Waals surface area contributed by atoms with E-state index in [1.807, 2.05) is 0 Å². The highest BCUT2D eigenvalue weighted by Crippen LogP contribution is 2.35. The van der Waals surface area contributed by atoms with Crippen molar-refractivity contribution >= 4 is 50.3 Å². The Bertz CT molecular complexity index is 1250. The van der Waals surface area contributed by atoms with Gasteiger partial charge in [0.2, 0.25) is 10.0 Å². The van der Waals surface area contributed by atoms with Crippen LogP contribution in [0.1, 0.15) is 48.8 Å². The molecule has 1 N–H and O–H groups in total. The molecule has 1 heterocycles. The number of nitrogens with one attached hydrogen (secondary N) is 1. The topological polar surface area (TPSA) is 66.5 Å². The average Bonchev–Trinajstić information content (AvgIpc) is 3.07. The first-order valence-corrected chi connectivity index (χ1v) is 13.8. The Morgan fingerprint density at radius 1 is 1.09 bits per heavy atom. The molecular weight excluding hydrogens is 517 g/mol. The maximum Gasteiger partial charge on any atom is 0.416 e. The predicted molar refractivity (Wildman–Crippen MR) is 134 cm³/mol. The lowest BCUT2D eigenvalue weighted by atomic mass is 9.96. The summed E-state index contributed by atoms with van der Waals surface area (Å²) in [4.78, 5) is 14.6. The first-order chi connectivity index (χ1) is 16.5. The number of nitrogens with zero attached hydrogens (tertiary/aromatic N) is 1. The molecule has 0 radical (unpaired) electrons. The molecule has 1 aliphatic carbocycles. The van der Waals surface area contributed by atoms with Crippen LogP contribution in [0.2, 0.25) is 0 Å². The smallest absolute Gasteiger partial charge is 0.288 e. The Balaban J connectivity index is 1.45.